The van der Waals surface area contributed by atoms with Crippen molar-refractivity contribution in [2.24, 2.45) is 52.3 Å². The third-order valence-electron chi connectivity index (χ3n) is 8.53. The number of hydrogen-bond acceptors (Lipinski definition) is 0. The first-order chi connectivity index (χ1) is 7.94. The molecule has 5 saturated carbocycles. The molecule has 9 unspecified atom stereocenters. The average molecular weight is 232 g/mol. The van der Waals surface area contributed by atoms with E-state index >= 15 is 0 Å². The van der Waals surface area contributed by atoms with Crippen LogP contribution in [0.25, 0.3) is 0 Å². The maximum absolute atomic E-state index is 2.68. The topological polar surface area (TPSA) is 0 Å². The van der Waals surface area contributed by atoms with Gasteiger partial charge < -0.3 is 0 Å². The van der Waals surface area contributed by atoms with Crippen LogP contribution in [0.2, 0.25) is 0 Å². The zero-order valence-electron chi connectivity index (χ0n) is 12.2. The predicted molar refractivity (Wildman–Crippen MR) is 71.5 cm³/mol. The summed E-state index contributed by atoms with van der Waals surface area (Å²) in [6, 6.07) is 0. The third kappa shape index (κ3) is 0.816. The van der Waals surface area contributed by atoms with Gasteiger partial charge in [-0.25, -0.2) is 0 Å². The number of rotatable bonds is 0. The van der Waals surface area contributed by atoms with Crippen molar-refractivity contribution in [2.75, 3.05) is 0 Å². The first-order valence-corrected chi connectivity index (χ1v) is 7.94. The Morgan fingerprint density at radius 1 is 0.882 bits per heavy atom. The van der Waals surface area contributed by atoms with Crippen molar-refractivity contribution in [3.05, 3.63) is 0 Å². The minimum Gasteiger partial charge on any atom is -0.0622 e. The second-order valence-corrected chi connectivity index (χ2v) is 8.45. The molecule has 1 spiro atoms. The van der Waals surface area contributed by atoms with Gasteiger partial charge in [-0.05, 0) is 71.5 Å². The van der Waals surface area contributed by atoms with Crippen molar-refractivity contribution in [2.45, 2.75) is 53.9 Å². The maximum Gasteiger partial charge on any atom is -0.0176 e. The normalized spacial score (nSPS) is 72.2. The summed E-state index contributed by atoms with van der Waals surface area (Å²) in [5, 5.41) is 0. The van der Waals surface area contributed by atoms with Crippen LogP contribution in [0.1, 0.15) is 53.9 Å². The molecular formula is C17H28. The molecule has 0 aromatic heterocycles. The van der Waals surface area contributed by atoms with Crippen LogP contribution in [0.5, 0.6) is 0 Å². The Kier molecular flexibility index (Phi) is 1.78. The van der Waals surface area contributed by atoms with Crippen LogP contribution < -0.4 is 0 Å². The fraction of sp³-hybridized carbons (Fsp3) is 1.00. The Morgan fingerprint density at radius 2 is 1.59 bits per heavy atom. The van der Waals surface area contributed by atoms with Crippen LogP contribution in [-0.2, 0) is 0 Å². The Morgan fingerprint density at radius 3 is 2.24 bits per heavy atom. The van der Waals surface area contributed by atoms with E-state index in [9.17, 15) is 0 Å². The summed E-state index contributed by atoms with van der Waals surface area (Å²) >= 11 is 0. The van der Waals surface area contributed by atoms with E-state index in [1.807, 2.05) is 0 Å². The lowest BCUT2D eigenvalue weighted by molar-refractivity contribution is -0.331. The molecule has 0 aromatic carbocycles. The highest BCUT2D eigenvalue weighted by molar-refractivity contribution is 5.31. The zero-order valence-corrected chi connectivity index (χ0v) is 12.2. The lowest BCUT2D eigenvalue weighted by atomic mass is 9.24. The molecule has 96 valence electrons. The van der Waals surface area contributed by atoms with Gasteiger partial charge in [-0.3, -0.25) is 0 Å². The monoisotopic (exact) mass is 232 g/mol. The molecule has 0 aliphatic heterocycles. The van der Waals surface area contributed by atoms with Crippen molar-refractivity contribution in [1.29, 1.82) is 0 Å². The van der Waals surface area contributed by atoms with Gasteiger partial charge in [0.15, 0.2) is 0 Å². The second-order valence-electron chi connectivity index (χ2n) is 8.45. The molecule has 0 radical (unpaired) electrons. The molecule has 2 bridgehead atoms. The van der Waals surface area contributed by atoms with Crippen molar-refractivity contribution in [1.82, 2.24) is 0 Å². The Hall–Kier alpha value is 0. The molecule has 0 N–H and O–H groups in total. The fourth-order valence-electron chi connectivity index (χ4n) is 7.72. The molecule has 0 saturated heterocycles. The van der Waals surface area contributed by atoms with E-state index in [1.54, 1.807) is 12.8 Å². The van der Waals surface area contributed by atoms with Gasteiger partial charge in [-0.2, -0.15) is 0 Å². The van der Waals surface area contributed by atoms with Crippen LogP contribution in [0.4, 0.5) is 0 Å². The van der Waals surface area contributed by atoms with Crippen molar-refractivity contribution in [3.63, 3.8) is 0 Å². The van der Waals surface area contributed by atoms with Gasteiger partial charge in [-0.1, -0.05) is 34.6 Å². The largest absolute Gasteiger partial charge is 0.0622 e. The number of hydrogen-bond donors (Lipinski definition) is 0. The molecule has 0 heteroatoms. The van der Waals surface area contributed by atoms with E-state index in [0.29, 0.717) is 5.41 Å². The molecule has 17 heavy (non-hydrogen) atoms. The Bertz CT molecular complexity index is 372. The highest BCUT2D eigenvalue weighted by Crippen LogP contribution is 2.89. The maximum atomic E-state index is 2.68. The smallest absolute Gasteiger partial charge is 0.0176 e. The van der Waals surface area contributed by atoms with Crippen molar-refractivity contribution < 1.29 is 0 Å². The highest BCUT2D eigenvalue weighted by atomic mass is 14.9. The summed E-state index contributed by atoms with van der Waals surface area (Å²) < 4.78 is 0. The summed E-state index contributed by atoms with van der Waals surface area (Å²) in [6.07, 6.45) is 4.64. The molecule has 5 fully saturated rings. The van der Waals surface area contributed by atoms with Gasteiger partial charge in [0, 0.05) is 0 Å². The summed E-state index contributed by atoms with van der Waals surface area (Å²) in [5.74, 6) is 7.30. The van der Waals surface area contributed by atoms with Crippen molar-refractivity contribution >= 4 is 0 Å². The van der Waals surface area contributed by atoms with E-state index in [-0.39, 0.29) is 0 Å². The minimum absolute atomic E-state index is 0.704. The van der Waals surface area contributed by atoms with Crippen molar-refractivity contribution in [3.8, 4) is 0 Å². The quantitative estimate of drug-likeness (QED) is 0.573. The highest BCUT2D eigenvalue weighted by Gasteiger charge is 2.83. The van der Waals surface area contributed by atoms with E-state index in [2.05, 4.69) is 34.6 Å². The van der Waals surface area contributed by atoms with Crippen LogP contribution in [0.15, 0.2) is 0 Å². The third-order valence-corrected chi connectivity index (χ3v) is 8.53. The second kappa shape index (κ2) is 2.78. The molecule has 5 aliphatic carbocycles. The molecule has 9 atom stereocenters. The van der Waals surface area contributed by atoms with Gasteiger partial charge >= 0.3 is 0 Å². The SMILES string of the molecule is CC1CC(C)C2(C)C(C1C)C1C3CC(C)C12C3. The van der Waals surface area contributed by atoms with Gasteiger partial charge in [-0.15, -0.1) is 0 Å². The first-order valence-electron chi connectivity index (χ1n) is 7.94. The predicted octanol–water partition coefficient (Wildman–Crippen LogP) is 4.60. The first kappa shape index (κ1) is 10.9. The van der Waals surface area contributed by atoms with Gasteiger partial charge in [0.25, 0.3) is 0 Å². The van der Waals surface area contributed by atoms with E-state index in [4.69, 9.17) is 0 Å². The zero-order chi connectivity index (χ0) is 12.2. The molecular weight excluding hydrogens is 204 g/mol. The molecule has 0 heterocycles. The van der Waals surface area contributed by atoms with Crippen LogP contribution in [0, 0.1) is 52.3 Å². The average Bonchev–Trinajstić information content (AvgIpc) is 2.71. The molecule has 0 aromatic rings. The number of fused-ring (bicyclic) bond motifs is 2. The van der Waals surface area contributed by atoms with Gasteiger partial charge in [0.2, 0.25) is 0 Å². The van der Waals surface area contributed by atoms with Gasteiger partial charge in [0.1, 0.15) is 0 Å². The summed E-state index contributed by atoms with van der Waals surface area (Å²) in [5.41, 5.74) is 1.51. The van der Waals surface area contributed by atoms with Crippen LogP contribution >= 0.6 is 0 Å². The summed E-state index contributed by atoms with van der Waals surface area (Å²) in [7, 11) is 0. The molecule has 0 nitrogen and oxygen atoms in total. The van der Waals surface area contributed by atoms with Gasteiger partial charge in [0.05, 0.1) is 0 Å². The molecule has 5 rings (SSSR count). The van der Waals surface area contributed by atoms with E-state index in [0.717, 1.165) is 46.8 Å². The Labute approximate surface area is 107 Å². The van der Waals surface area contributed by atoms with Crippen LogP contribution in [-0.4, -0.2) is 0 Å². The summed E-state index contributed by atoms with van der Waals surface area (Å²) in [6.45, 7) is 12.9. The lowest BCUT2D eigenvalue weighted by Crippen LogP contribution is -2.75. The van der Waals surface area contributed by atoms with E-state index < -0.39 is 0 Å². The fourth-order valence-corrected chi connectivity index (χ4v) is 7.72. The standard InChI is InChI=1S/C17H28/c1-9-6-10(2)16(5)14(12(9)4)15-13-7-11(3)17(15,16)8-13/h9-15H,6-8H2,1-5H3. The summed E-state index contributed by atoms with van der Waals surface area (Å²) in [4.78, 5) is 0. The molecule has 0 amide bonds. The molecule has 5 aliphatic rings. The van der Waals surface area contributed by atoms with Crippen LogP contribution in [0.3, 0.4) is 0 Å². The minimum atomic E-state index is 0.704. The van der Waals surface area contributed by atoms with E-state index in [1.165, 1.54) is 6.42 Å². The Balaban J connectivity index is 1.79. The lowest BCUT2D eigenvalue weighted by Gasteiger charge is -2.80.